The lowest BCUT2D eigenvalue weighted by molar-refractivity contribution is -0.128. The molecule has 7 heteroatoms. The highest BCUT2D eigenvalue weighted by molar-refractivity contribution is 9.10. The van der Waals surface area contributed by atoms with Crippen molar-refractivity contribution in [3.05, 3.63) is 34.6 Å². The molecule has 0 fully saturated rings. The third-order valence-corrected chi connectivity index (χ3v) is 3.17. The van der Waals surface area contributed by atoms with Gasteiger partial charge in [-0.05, 0) is 28.6 Å². The largest absolute Gasteiger partial charge is 0.348 e. The van der Waals surface area contributed by atoms with Crippen molar-refractivity contribution in [2.24, 2.45) is 5.41 Å². The lowest BCUT2D eigenvalue weighted by Gasteiger charge is -2.17. The van der Waals surface area contributed by atoms with E-state index in [1.54, 1.807) is 4.68 Å². The van der Waals surface area contributed by atoms with Crippen LogP contribution < -0.4 is 5.32 Å². The molecule has 0 saturated heterocycles. The summed E-state index contributed by atoms with van der Waals surface area (Å²) >= 11 is 3.41. The van der Waals surface area contributed by atoms with Crippen molar-refractivity contribution in [1.82, 2.24) is 25.5 Å². The average Bonchev–Trinajstić information content (AvgIpc) is 2.83. The summed E-state index contributed by atoms with van der Waals surface area (Å²) in [6.45, 7) is 5.87. The van der Waals surface area contributed by atoms with Gasteiger partial charge in [0.25, 0.3) is 0 Å². The van der Waals surface area contributed by atoms with E-state index in [-0.39, 0.29) is 12.5 Å². The second kappa shape index (κ2) is 5.70. The summed E-state index contributed by atoms with van der Waals surface area (Å²) in [7, 11) is 0. The summed E-state index contributed by atoms with van der Waals surface area (Å²) < 4.78 is 2.54. The van der Waals surface area contributed by atoms with E-state index in [0.29, 0.717) is 5.82 Å². The standard InChI is InChI=1S/C13H16BrN5O/c1-13(2,3)12(20)15-8-11-16-17-18-19(11)10-6-4-5-9(14)7-10/h4-7H,8H2,1-3H3,(H,15,20). The number of nitrogens with zero attached hydrogens (tertiary/aromatic N) is 4. The van der Waals surface area contributed by atoms with Crippen molar-refractivity contribution < 1.29 is 4.79 Å². The number of halogens is 1. The van der Waals surface area contributed by atoms with E-state index in [1.807, 2.05) is 45.0 Å². The Bertz CT molecular complexity index is 617. The molecule has 0 radical (unpaired) electrons. The van der Waals surface area contributed by atoms with E-state index in [0.717, 1.165) is 10.2 Å². The zero-order valence-electron chi connectivity index (χ0n) is 11.6. The SMILES string of the molecule is CC(C)(C)C(=O)NCc1nnnn1-c1cccc(Br)c1. The Morgan fingerprint density at radius 1 is 1.40 bits per heavy atom. The van der Waals surface area contributed by atoms with E-state index in [4.69, 9.17) is 0 Å². The third-order valence-electron chi connectivity index (χ3n) is 2.68. The number of amides is 1. The molecule has 0 spiro atoms. The van der Waals surface area contributed by atoms with E-state index >= 15 is 0 Å². The lowest BCUT2D eigenvalue weighted by atomic mass is 9.96. The summed E-state index contributed by atoms with van der Waals surface area (Å²) in [6.07, 6.45) is 0. The molecule has 0 saturated carbocycles. The van der Waals surface area contributed by atoms with Crippen LogP contribution in [0.5, 0.6) is 0 Å². The molecule has 1 amide bonds. The molecule has 1 aromatic heterocycles. The number of tetrazole rings is 1. The quantitative estimate of drug-likeness (QED) is 0.930. The molecule has 1 aromatic carbocycles. The van der Waals surface area contributed by atoms with Crippen LogP contribution in [0.3, 0.4) is 0 Å². The Kier molecular flexibility index (Phi) is 4.17. The highest BCUT2D eigenvalue weighted by Crippen LogP contribution is 2.16. The van der Waals surface area contributed by atoms with Gasteiger partial charge in [-0.2, -0.15) is 4.68 Å². The smallest absolute Gasteiger partial charge is 0.225 e. The van der Waals surface area contributed by atoms with Gasteiger partial charge in [0.1, 0.15) is 0 Å². The number of carbonyl (C=O) groups excluding carboxylic acids is 1. The van der Waals surface area contributed by atoms with Crippen LogP contribution in [0.4, 0.5) is 0 Å². The van der Waals surface area contributed by atoms with E-state index in [1.165, 1.54) is 0 Å². The number of hydrogen-bond donors (Lipinski definition) is 1. The van der Waals surface area contributed by atoms with Gasteiger partial charge in [-0.25, -0.2) is 0 Å². The molecule has 1 N–H and O–H groups in total. The highest BCUT2D eigenvalue weighted by Gasteiger charge is 2.21. The molecule has 0 aliphatic carbocycles. The van der Waals surface area contributed by atoms with Gasteiger partial charge in [0.15, 0.2) is 5.82 Å². The van der Waals surface area contributed by atoms with Crippen LogP contribution in [0.15, 0.2) is 28.7 Å². The number of nitrogens with one attached hydrogen (secondary N) is 1. The van der Waals surface area contributed by atoms with Gasteiger partial charge in [-0.3, -0.25) is 4.79 Å². The van der Waals surface area contributed by atoms with Crippen LogP contribution in [0.25, 0.3) is 5.69 Å². The van der Waals surface area contributed by atoms with Gasteiger partial charge in [-0.15, -0.1) is 5.10 Å². The van der Waals surface area contributed by atoms with E-state index < -0.39 is 5.41 Å². The van der Waals surface area contributed by atoms with Crippen molar-refractivity contribution in [1.29, 1.82) is 0 Å². The third kappa shape index (κ3) is 3.41. The van der Waals surface area contributed by atoms with Crippen molar-refractivity contribution in [3.8, 4) is 5.69 Å². The van der Waals surface area contributed by atoms with Crippen molar-refractivity contribution in [2.45, 2.75) is 27.3 Å². The number of carbonyl (C=O) groups is 1. The van der Waals surface area contributed by atoms with Crippen LogP contribution >= 0.6 is 15.9 Å². The first-order chi connectivity index (χ1) is 9.38. The van der Waals surface area contributed by atoms with Crippen LogP contribution in [0.1, 0.15) is 26.6 Å². The first-order valence-electron chi connectivity index (χ1n) is 6.19. The number of benzene rings is 1. The van der Waals surface area contributed by atoms with Gasteiger partial charge >= 0.3 is 0 Å². The molecule has 0 aliphatic rings. The minimum Gasteiger partial charge on any atom is -0.348 e. The van der Waals surface area contributed by atoms with E-state index in [2.05, 4.69) is 36.8 Å². The zero-order chi connectivity index (χ0) is 14.8. The molecule has 0 unspecified atom stereocenters. The summed E-state index contributed by atoms with van der Waals surface area (Å²) in [5, 5.41) is 14.4. The van der Waals surface area contributed by atoms with Crippen molar-refractivity contribution in [3.63, 3.8) is 0 Å². The first-order valence-corrected chi connectivity index (χ1v) is 6.99. The molecule has 6 nitrogen and oxygen atoms in total. The molecule has 0 aliphatic heterocycles. The van der Waals surface area contributed by atoms with Gasteiger partial charge in [0, 0.05) is 9.89 Å². The summed E-state index contributed by atoms with van der Waals surface area (Å²) in [5.74, 6) is 0.544. The molecule has 0 bridgehead atoms. The molecule has 1 heterocycles. The maximum absolute atomic E-state index is 11.9. The molecular formula is C13H16BrN5O. The summed E-state index contributed by atoms with van der Waals surface area (Å²) in [5.41, 5.74) is 0.401. The minimum atomic E-state index is -0.436. The molecule has 2 rings (SSSR count). The van der Waals surface area contributed by atoms with Crippen molar-refractivity contribution >= 4 is 21.8 Å². The Morgan fingerprint density at radius 2 is 2.15 bits per heavy atom. The maximum Gasteiger partial charge on any atom is 0.225 e. The monoisotopic (exact) mass is 337 g/mol. The minimum absolute atomic E-state index is 0.0405. The second-order valence-corrected chi connectivity index (χ2v) is 6.34. The fraction of sp³-hybridized carbons (Fsp3) is 0.385. The Morgan fingerprint density at radius 3 is 2.80 bits per heavy atom. The number of rotatable bonds is 3. The molecular weight excluding hydrogens is 322 g/mol. The Hall–Kier alpha value is -1.76. The fourth-order valence-electron chi connectivity index (χ4n) is 1.55. The van der Waals surface area contributed by atoms with Crippen molar-refractivity contribution in [2.75, 3.05) is 0 Å². The molecule has 2 aromatic rings. The predicted octanol–water partition coefficient (Wildman–Crippen LogP) is 2.09. The van der Waals surface area contributed by atoms with Gasteiger partial charge in [0.2, 0.25) is 5.91 Å². The second-order valence-electron chi connectivity index (χ2n) is 5.42. The lowest BCUT2D eigenvalue weighted by Crippen LogP contribution is -2.35. The summed E-state index contributed by atoms with van der Waals surface area (Å²) in [4.78, 5) is 11.9. The Labute approximate surface area is 125 Å². The predicted molar refractivity (Wildman–Crippen MR) is 78.2 cm³/mol. The average molecular weight is 338 g/mol. The van der Waals surface area contributed by atoms with Gasteiger partial charge in [0.05, 0.1) is 12.2 Å². The summed E-state index contributed by atoms with van der Waals surface area (Å²) in [6, 6.07) is 7.63. The molecule has 0 atom stereocenters. The highest BCUT2D eigenvalue weighted by atomic mass is 79.9. The van der Waals surface area contributed by atoms with Crippen LogP contribution in [0, 0.1) is 5.41 Å². The maximum atomic E-state index is 11.9. The van der Waals surface area contributed by atoms with Gasteiger partial charge < -0.3 is 5.32 Å². The van der Waals surface area contributed by atoms with Crippen LogP contribution in [-0.4, -0.2) is 26.1 Å². The zero-order valence-corrected chi connectivity index (χ0v) is 13.2. The number of hydrogen-bond acceptors (Lipinski definition) is 4. The Balaban J connectivity index is 2.16. The van der Waals surface area contributed by atoms with Gasteiger partial charge in [-0.1, -0.05) is 42.8 Å². The normalized spacial score (nSPS) is 11.4. The molecule has 106 valence electrons. The number of aromatic nitrogens is 4. The van der Waals surface area contributed by atoms with Crippen LogP contribution in [-0.2, 0) is 11.3 Å². The topological polar surface area (TPSA) is 72.7 Å². The fourth-order valence-corrected chi connectivity index (χ4v) is 1.94. The molecule has 20 heavy (non-hydrogen) atoms. The first kappa shape index (κ1) is 14.6. The van der Waals surface area contributed by atoms with Crippen LogP contribution in [0.2, 0.25) is 0 Å². The van der Waals surface area contributed by atoms with E-state index in [9.17, 15) is 4.79 Å².